The standard InChI is InChI=1S/C7H12O3S/c8-5-3-6-1-2-7(4-5)11(6,9)10/h5-8H,1-4H2. The van der Waals surface area contributed by atoms with E-state index < -0.39 is 9.84 Å². The fraction of sp³-hybridized carbons (Fsp3) is 1.00. The molecule has 0 aromatic carbocycles. The minimum absolute atomic E-state index is 0.226. The first-order chi connectivity index (χ1) is 5.10. The zero-order valence-corrected chi connectivity index (χ0v) is 7.05. The monoisotopic (exact) mass is 176 g/mol. The zero-order valence-electron chi connectivity index (χ0n) is 6.23. The second kappa shape index (κ2) is 2.20. The van der Waals surface area contributed by atoms with E-state index in [1.165, 1.54) is 0 Å². The molecule has 1 N–H and O–H groups in total. The van der Waals surface area contributed by atoms with Crippen molar-refractivity contribution >= 4 is 9.84 Å². The van der Waals surface area contributed by atoms with Crippen LogP contribution in [0, 0.1) is 0 Å². The lowest BCUT2D eigenvalue weighted by molar-refractivity contribution is 0.152. The third-order valence-corrected chi connectivity index (χ3v) is 5.52. The lowest BCUT2D eigenvalue weighted by atomic mass is 10.1. The van der Waals surface area contributed by atoms with Crippen molar-refractivity contribution < 1.29 is 13.5 Å². The maximum Gasteiger partial charge on any atom is 0.156 e. The van der Waals surface area contributed by atoms with Gasteiger partial charge in [-0.2, -0.15) is 0 Å². The molecule has 0 aromatic rings. The van der Waals surface area contributed by atoms with Crippen molar-refractivity contribution in [1.82, 2.24) is 0 Å². The van der Waals surface area contributed by atoms with Gasteiger partial charge in [0.2, 0.25) is 0 Å². The Kier molecular flexibility index (Phi) is 1.51. The predicted molar refractivity (Wildman–Crippen MR) is 41.0 cm³/mol. The third-order valence-electron chi connectivity index (χ3n) is 2.81. The molecule has 0 aliphatic carbocycles. The van der Waals surface area contributed by atoms with Crippen molar-refractivity contribution in [1.29, 1.82) is 0 Å². The van der Waals surface area contributed by atoms with Crippen LogP contribution in [0.1, 0.15) is 25.7 Å². The second-order valence-corrected chi connectivity index (χ2v) is 6.05. The van der Waals surface area contributed by atoms with Crippen LogP contribution < -0.4 is 0 Å². The number of rotatable bonds is 0. The van der Waals surface area contributed by atoms with E-state index in [-0.39, 0.29) is 16.6 Å². The van der Waals surface area contributed by atoms with Gasteiger partial charge in [0.05, 0.1) is 16.6 Å². The summed E-state index contributed by atoms with van der Waals surface area (Å²) in [7, 11) is -2.82. The van der Waals surface area contributed by atoms with Crippen LogP contribution in [0.25, 0.3) is 0 Å². The van der Waals surface area contributed by atoms with Gasteiger partial charge in [-0.1, -0.05) is 0 Å². The summed E-state index contributed by atoms with van der Waals surface area (Å²) in [5, 5.41) is 8.81. The van der Waals surface area contributed by atoms with E-state index in [1.807, 2.05) is 0 Å². The lowest BCUT2D eigenvalue weighted by Gasteiger charge is -2.23. The van der Waals surface area contributed by atoms with E-state index in [0.717, 1.165) is 12.8 Å². The number of sulfone groups is 1. The first kappa shape index (κ1) is 7.55. The Balaban J connectivity index is 2.33. The van der Waals surface area contributed by atoms with E-state index in [2.05, 4.69) is 0 Å². The van der Waals surface area contributed by atoms with Crippen molar-refractivity contribution in [3.8, 4) is 0 Å². The zero-order chi connectivity index (χ0) is 8.06. The van der Waals surface area contributed by atoms with Crippen molar-refractivity contribution in [2.24, 2.45) is 0 Å². The number of fused-ring (bicyclic) bond motifs is 2. The molecule has 3 nitrogen and oxygen atoms in total. The summed E-state index contributed by atoms with van der Waals surface area (Å²) in [6.45, 7) is 0. The molecule has 2 saturated heterocycles. The van der Waals surface area contributed by atoms with Gasteiger partial charge >= 0.3 is 0 Å². The topological polar surface area (TPSA) is 54.4 Å². The number of aliphatic hydroxyl groups is 1. The third kappa shape index (κ3) is 0.999. The highest BCUT2D eigenvalue weighted by Crippen LogP contribution is 2.38. The average Bonchev–Trinajstić information content (AvgIpc) is 2.19. The maximum atomic E-state index is 11.4. The van der Waals surface area contributed by atoms with Crippen LogP contribution in [0.5, 0.6) is 0 Å². The smallest absolute Gasteiger partial charge is 0.156 e. The summed E-state index contributed by atoms with van der Waals surface area (Å²) in [5.74, 6) is 0. The van der Waals surface area contributed by atoms with E-state index >= 15 is 0 Å². The first-order valence-corrected chi connectivity index (χ1v) is 5.62. The Morgan fingerprint density at radius 2 is 1.55 bits per heavy atom. The molecule has 0 radical (unpaired) electrons. The summed E-state index contributed by atoms with van der Waals surface area (Å²) >= 11 is 0. The number of aliphatic hydroxyl groups excluding tert-OH is 1. The van der Waals surface area contributed by atoms with Crippen molar-refractivity contribution in [2.75, 3.05) is 0 Å². The average molecular weight is 176 g/mol. The molecule has 2 unspecified atom stereocenters. The van der Waals surface area contributed by atoms with Gasteiger partial charge in [0.15, 0.2) is 9.84 Å². The van der Waals surface area contributed by atoms with Crippen LogP contribution in [0.3, 0.4) is 0 Å². The highest BCUT2D eigenvalue weighted by atomic mass is 32.2. The quantitative estimate of drug-likeness (QED) is 0.569. The largest absolute Gasteiger partial charge is 0.393 e. The minimum Gasteiger partial charge on any atom is -0.393 e. The van der Waals surface area contributed by atoms with Gasteiger partial charge in [-0.15, -0.1) is 0 Å². The summed E-state index contributed by atoms with van der Waals surface area (Å²) < 4.78 is 22.8. The van der Waals surface area contributed by atoms with Crippen LogP contribution in [0.15, 0.2) is 0 Å². The SMILES string of the molecule is O=S1(=O)C2CCC1CC(O)C2. The Morgan fingerprint density at radius 1 is 1.09 bits per heavy atom. The molecular weight excluding hydrogens is 164 g/mol. The highest BCUT2D eigenvalue weighted by molar-refractivity contribution is 7.93. The molecule has 2 aliphatic rings. The first-order valence-electron chi connectivity index (χ1n) is 4.01. The van der Waals surface area contributed by atoms with Crippen LogP contribution in [-0.2, 0) is 9.84 Å². The summed E-state index contributed by atoms with van der Waals surface area (Å²) in [6.07, 6.45) is 2.11. The molecule has 0 aromatic heterocycles. The van der Waals surface area contributed by atoms with Gasteiger partial charge in [0.1, 0.15) is 0 Å². The van der Waals surface area contributed by atoms with Gasteiger partial charge in [0.25, 0.3) is 0 Å². The van der Waals surface area contributed by atoms with E-state index in [4.69, 9.17) is 0 Å². The predicted octanol–water partition coefficient (Wildman–Crippen LogP) is 0.0869. The van der Waals surface area contributed by atoms with E-state index in [0.29, 0.717) is 12.8 Å². The van der Waals surface area contributed by atoms with E-state index in [9.17, 15) is 13.5 Å². The Morgan fingerprint density at radius 3 is 2.00 bits per heavy atom. The molecule has 0 spiro atoms. The van der Waals surface area contributed by atoms with Crippen LogP contribution in [-0.4, -0.2) is 30.1 Å². The van der Waals surface area contributed by atoms with Gasteiger partial charge in [-0.25, -0.2) is 8.42 Å². The molecule has 64 valence electrons. The maximum absolute atomic E-state index is 11.4. The molecule has 0 saturated carbocycles. The lowest BCUT2D eigenvalue weighted by Crippen LogP contribution is -2.35. The second-order valence-electron chi connectivity index (χ2n) is 3.54. The molecular formula is C7H12O3S. The van der Waals surface area contributed by atoms with Gasteiger partial charge < -0.3 is 5.11 Å². The summed E-state index contributed by atoms with van der Waals surface area (Å²) in [6, 6.07) is 0. The van der Waals surface area contributed by atoms with Gasteiger partial charge in [-0.05, 0) is 25.7 Å². The molecule has 2 fully saturated rings. The van der Waals surface area contributed by atoms with Crippen LogP contribution in [0.2, 0.25) is 0 Å². The van der Waals surface area contributed by atoms with Crippen LogP contribution >= 0.6 is 0 Å². The summed E-state index contributed by atoms with van der Waals surface area (Å²) in [5.41, 5.74) is 0. The molecule has 2 atom stereocenters. The molecule has 2 heterocycles. The molecule has 4 heteroatoms. The van der Waals surface area contributed by atoms with Crippen molar-refractivity contribution in [3.63, 3.8) is 0 Å². The fourth-order valence-electron chi connectivity index (χ4n) is 2.18. The summed E-state index contributed by atoms with van der Waals surface area (Å²) in [4.78, 5) is 0. The van der Waals surface area contributed by atoms with Crippen molar-refractivity contribution in [3.05, 3.63) is 0 Å². The Hall–Kier alpha value is -0.0900. The molecule has 11 heavy (non-hydrogen) atoms. The fourth-order valence-corrected chi connectivity index (χ4v) is 4.63. The molecule has 2 rings (SSSR count). The molecule has 2 bridgehead atoms. The van der Waals surface area contributed by atoms with Crippen LogP contribution in [0.4, 0.5) is 0 Å². The normalized spacial score (nSPS) is 47.5. The Labute approximate surface area is 66.3 Å². The minimum atomic E-state index is -2.82. The van der Waals surface area contributed by atoms with Gasteiger partial charge in [-0.3, -0.25) is 0 Å². The molecule has 2 aliphatic heterocycles. The van der Waals surface area contributed by atoms with Crippen molar-refractivity contribution in [2.45, 2.75) is 42.3 Å². The van der Waals surface area contributed by atoms with E-state index in [1.54, 1.807) is 0 Å². The number of hydrogen-bond acceptors (Lipinski definition) is 3. The van der Waals surface area contributed by atoms with Gasteiger partial charge in [0, 0.05) is 0 Å². The Bertz CT molecular complexity index is 237. The highest BCUT2D eigenvalue weighted by Gasteiger charge is 2.46. The molecule has 0 amide bonds. The number of hydrogen-bond donors (Lipinski definition) is 1.